The lowest BCUT2D eigenvalue weighted by atomic mass is 10.4. The van der Waals surface area contributed by atoms with Crippen molar-refractivity contribution in [3.8, 4) is 6.01 Å². The van der Waals surface area contributed by atoms with Crippen LogP contribution >= 0.6 is 11.6 Å². The van der Waals surface area contributed by atoms with Crippen molar-refractivity contribution in [2.24, 2.45) is 0 Å². The Labute approximate surface area is 104 Å². The molecule has 1 aromatic heterocycles. The first-order chi connectivity index (χ1) is 8.26. The summed E-state index contributed by atoms with van der Waals surface area (Å²) in [6.45, 7) is 1.58. The van der Waals surface area contributed by atoms with Gasteiger partial charge in [-0.25, -0.2) is 0 Å². The van der Waals surface area contributed by atoms with Gasteiger partial charge in [0.2, 0.25) is 11.2 Å². The highest BCUT2D eigenvalue weighted by Gasteiger charge is 2.03. The number of aliphatic hydroxyl groups excluding tert-OH is 1. The molecular formula is C9H15ClN4O3. The van der Waals surface area contributed by atoms with Crippen LogP contribution in [0.5, 0.6) is 6.01 Å². The molecule has 0 saturated heterocycles. The standard InChI is InChI=1S/C9H15ClN4O3/c1-16-9-13-7(10)12-8(14-9)11-3-2-5-17-6-4-15/h15H,2-6H2,1H3,(H,11,12,13,14). The molecule has 1 rings (SSSR count). The van der Waals surface area contributed by atoms with Crippen molar-refractivity contribution in [1.82, 2.24) is 15.0 Å². The number of rotatable bonds is 8. The molecule has 0 saturated carbocycles. The van der Waals surface area contributed by atoms with E-state index in [-0.39, 0.29) is 17.9 Å². The molecule has 1 aromatic rings. The van der Waals surface area contributed by atoms with Gasteiger partial charge in [-0.2, -0.15) is 15.0 Å². The second-order valence-electron chi connectivity index (χ2n) is 3.03. The Morgan fingerprint density at radius 2 is 2.12 bits per heavy atom. The highest BCUT2D eigenvalue weighted by molar-refractivity contribution is 6.28. The molecule has 0 aliphatic heterocycles. The molecule has 17 heavy (non-hydrogen) atoms. The van der Waals surface area contributed by atoms with Crippen LogP contribution in [0.25, 0.3) is 0 Å². The Morgan fingerprint density at radius 1 is 1.29 bits per heavy atom. The number of aliphatic hydroxyl groups is 1. The minimum atomic E-state index is 0.0354. The number of anilines is 1. The van der Waals surface area contributed by atoms with Crippen LogP contribution in [0.4, 0.5) is 5.95 Å². The molecule has 96 valence electrons. The number of hydrogen-bond donors (Lipinski definition) is 2. The summed E-state index contributed by atoms with van der Waals surface area (Å²) in [5, 5.41) is 11.5. The quantitative estimate of drug-likeness (QED) is 0.653. The zero-order chi connectivity index (χ0) is 12.5. The zero-order valence-electron chi connectivity index (χ0n) is 9.52. The smallest absolute Gasteiger partial charge is 0.322 e. The second kappa shape index (κ2) is 7.99. The van der Waals surface area contributed by atoms with E-state index in [0.29, 0.717) is 25.7 Å². The van der Waals surface area contributed by atoms with Crippen LogP contribution in [-0.4, -0.2) is 53.5 Å². The molecule has 7 nitrogen and oxygen atoms in total. The summed E-state index contributed by atoms with van der Waals surface area (Å²) in [7, 11) is 1.46. The van der Waals surface area contributed by atoms with Crippen molar-refractivity contribution in [1.29, 1.82) is 0 Å². The lowest BCUT2D eigenvalue weighted by molar-refractivity contribution is 0.0921. The maximum Gasteiger partial charge on any atom is 0.322 e. The van der Waals surface area contributed by atoms with Crippen molar-refractivity contribution >= 4 is 17.5 Å². The molecule has 8 heteroatoms. The van der Waals surface area contributed by atoms with Crippen molar-refractivity contribution in [2.45, 2.75) is 6.42 Å². The first-order valence-electron chi connectivity index (χ1n) is 5.14. The van der Waals surface area contributed by atoms with E-state index in [1.165, 1.54) is 7.11 Å². The predicted octanol–water partition coefficient (Wildman–Crippen LogP) is 0.344. The Bertz CT molecular complexity index is 340. The number of methoxy groups -OCH3 is 1. The van der Waals surface area contributed by atoms with Gasteiger partial charge in [0.25, 0.3) is 0 Å². The zero-order valence-corrected chi connectivity index (χ0v) is 10.3. The van der Waals surface area contributed by atoms with Gasteiger partial charge in [0.05, 0.1) is 20.3 Å². The van der Waals surface area contributed by atoms with Gasteiger partial charge in [0, 0.05) is 13.2 Å². The third kappa shape index (κ3) is 5.62. The molecule has 0 aliphatic carbocycles. The third-order valence-corrected chi connectivity index (χ3v) is 1.92. The molecule has 2 N–H and O–H groups in total. The van der Waals surface area contributed by atoms with Gasteiger partial charge in [-0.1, -0.05) is 0 Å². The molecule has 0 atom stereocenters. The minimum absolute atomic E-state index is 0.0354. The van der Waals surface area contributed by atoms with Gasteiger partial charge < -0.3 is 19.9 Å². The summed E-state index contributed by atoms with van der Waals surface area (Å²) < 4.78 is 9.95. The van der Waals surface area contributed by atoms with E-state index >= 15 is 0 Å². The highest BCUT2D eigenvalue weighted by Crippen LogP contribution is 2.10. The Balaban J connectivity index is 2.28. The molecule has 1 heterocycles. The summed E-state index contributed by atoms with van der Waals surface area (Å²) in [6.07, 6.45) is 0.769. The van der Waals surface area contributed by atoms with E-state index in [9.17, 15) is 0 Å². The first kappa shape index (κ1) is 13.9. The van der Waals surface area contributed by atoms with Gasteiger partial charge in [0.1, 0.15) is 0 Å². The molecule has 0 fully saturated rings. The molecule has 0 spiro atoms. The number of halogens is 1. The molecule has 0 aromatic carbocycles. The molecule has 0 bridgehead atoms. The van der Waals surface area contributed by atoms with E-state index in [4.69, 9.17) is 26.2 Å². The van der Waals surface area contributed by atoms with Crippen molar-refractivity contribution in [3.63, 3.8) is 0 Å². The van der Waals surface area contributed by atoms with Gasteiger partial charge in [-0.05, 0) is 18.0 Å². The van der Waals surface area contributed by atoms with Crippen LogP contribution in [0.15, 0.2) is 0 Å². The fourth-order valence-corrected chi connectivity index (χ4v) is 1.20. The van der Waals surface area contributed by atoms with E-state index in [0.717, 1.165) is 6.42 Å². The van der Waals surface area contributed by atoms with Crippen molar-refractivity contribution in [3.05, 3.63) is 5.28 Å². The summed E-state index contributed by atoms with van der Waals surface area (Å²) in [4.78, 5) is 11.6. The maximum absolute atomic E-state index is 8.49. The molecule has 0 amide bonds. The highest BCUT2D eigenvalue weighted by atomic mass is 35.5. The summed E-state index contributed by atoms with van der Waals surface area (Å²) >= 11 is 5.68. The summed E-state index contributed by atoms with van der Waals surface area (Å²) in [5.41, 5.74) is 0. The van der Waals surface area contributed by atoms with Crippen LogP contribution in [0.1, 0.15) is 6.42 Å². The Morgan fingerprint density at radius 3 is 2.82 bits per heavy atom. The first-order valence-corrected chi connectivity index (χ1v) is 5.52. The van der Waals surface area contributed by atoms with Crippen molar-refractivity contribution in [2.75, 3.05) is 38.8 Å². The van der Waals surface area contributed by atoms with Crippen molar-refractivity contribution < 1.29 is 14.6 Å². The SMILES string of the molecule is COc1nc(Cl)nc(NCCCOCCO)n1. The molecular weight excluding hydrogens is 248 g/mol. The van der Waals surface area contributed by atoms with Gasteiger partial charge >= 0.3 is 6.01 Å². The van der Waals surface area contributed by atoms with E-state index < -0.39 is 0 Å². The Kier molecular flexibility index (Phi) is 6.53. The number of nitrogens with zero attached hydrogens (tertiary/aromatic N) is 3. The maximum atomic E-state index is 8.49. The number of nitrogens with one attached hydrogen (secondary N) is 1. The fourth-order valence-electron chi connectivity index (χ4n) is 1.04. The van der Waals surface area contributed by atoms with Crippen LogP contribution in [0, 0.1) is 0 Å². The number of ether oxygens (including phenoxy) is 2. The molecule has 0 radical (unpaired) electrons. The van der Waals surface area contributed by atoms with Crippen LogP contribution in [-0.2, 0) is 4.74 Å². The fraction of sp³-hybridized carbons (Fsp3) is 0.667. The Hall–Kier alpha value is -1.18. The number of aromatic nitrogens is 3. The summed E-state index contributed by atoms with van der Waals surface area (Å²) in [6, 6.07) is 0.170. The van der Waals surface area contributed by atoms with E-state index in [2.05, 4.69) is 20.3 Å². The van der Waals surface area contributed by atoms with Gasteiger partial charge in [-0.15, -0.1) is 0 Å². The monoisotopic (exact) mass is 262 g/mol. The van der Waals surface area contributed by atoms with Crippen LogP contribution in [0.2, 0.25) is 5.28 Å². The van der Waals surface area contributed by atoms with Gasteiger partial charge in [-0.3, -0.25) is 0 Å². The lowest BCUT2D eigenvalue weighted by Crippen LogP contribution is -2.10. The van der Waals surface area contributed by atoms with Crippen LogP contribution in [0.3, 0.4) is 0 Å². The average molecular weight is 263 g/mol. The van der Waals surface area contributed by atoms with E-state index in [1.807, 2.05) is 0 Å². The molecule has 0 aliphatic rings. The van der Waals surface area contributed by atoms with E-state index in [1.54, 1.807) is 0 Å². The third-order valence-electron chi connectivity index (χ3n) is 1.75. The van der Waals surface area contributed by atoms with Crippen LogP contribution < -0.4 is 10.1 Å². The normalized spacial score (nSPS) is 10.3. The summed E-state index contributed by atoms with van der Waals surface area (Å²) in [5.74, 6) is 0.365. The lowest BCUT2D eigenvalue weighted by Gasteiger charge is -2.06. The number of hydrogen-bond acceptors (Lipinski definition) is 7. The second-order valence-corrected chi connectivity index (χ2v) is 3.37. The minimum Gasteiger partial charge on any atom is -0.467 e. The predicted molar refractivity (Wildman–Crippen MR) is 62.4 cm³/mol. The average Bonchev–Trinajstić information content (AvgIpc) is 2.33. The molecule has 0 unspecified atom stereocenters. The van der Waals surface area contributed by atoms with Gasteiger partial charge in [0.15, 0.2) is 0 Å². The largest absolute Gasteiger partial charge is 0.467 e. The topological polar surface area (TPSA) is 89.4 Å².